The fourth-order valence-corrected chi connectivity index (χ4v) is 3.18. The molecule has 0 aliphatic carbocycles. The van der Waals surface area contributed by atoms with Crippen LogP contribution in [0.2, 0.25) is 0 Å². The number of nitrogens with zero attached hydrogens (tertiary/aromatic N) is 1. The smallest absolute Gasteiger partial charge is 0.309 e. The average Bonchev–Trinajstić information content (AvgIpc) is 2.26. The van der Waals surface area contributed by atoms with Gasteiger partial charge in [0.1, 0.15) is 5.82 Å². The lowest BCUT2D eigenvalue weighted by Gasteiger charge is -2.09. The van der Waals surface area contributed by atoms with Crippen LogP contribution in [0.15, 0.2) is 18.5 Å². The summed E-state index contributed by atoms with van der Waals surface area (Å²) in [6, 6.07) is 1.10. The number of methoxy groups -OCH3 is 1. The van der Waals surface area contributed by atoms with Gasteiger partial charge in [0.15, 0.2) is 9.84 Å². The molecule has 0 N–H and O–H groups in total. The first-order valence-electron chi connectivity index (χ1n) is 5.22. The minimum Gasteiger partial charge on any atom is -0.469 e. The van der Waals surface area contributed by atoms with Crippen molar-refractivity contribution in [3.63, 3.8) is 0 Å². The Balaban J connectivity index is 2.74. The molecule has 0 aliphatic heterocycles. The highest BCUT2D eigenvalue weighted by atomic mass is 32.2. The number of halogens is 1. The summed E-state index contributed by atoms with van der Waals surface area (Å²) in [5.41, 5.74) is 0.257. The minimum atomic E-state index is -3.51. The highest BCUT2D eigenvalue weighted by molar-refractivity contribution is 7.90. The molecule has 1 aromatic rings. The Morgan fingerprint density at radius 1 is 1.50 bits per heavy atom. The van der Waals surface area contributed by atoms with E-state index in [-0.39, 0.29) is 17.1 Å². The Morgan fingerprint density at radius 3 is 2.72 bits per heavy atom. The van der Waals surface area contributed by atoms with E-state index in [0.717, 1.165) is 12.3 Å². The molecule has 1 aromatic heterocycles. The van der Waals surface area contributed by atoms with Gasteiger partial charge in [-0.2, -0.15) is 0 Å². The van der Waals surface area contributed by atoms with Crippen LogP contribution in [0.4, 0.5) is 4.39 Å². The molecule has 18 heavy (non-hydrogen) atoms. The van der Waals surface area contributed by atoms with Gasteiger partial charge in [0.2, 0.25) is 0 Å². The average molecular weight is 275 g/mol. The Kier molecular flexibility index (Phi) is 4.77. The molecule has 0 saturated heterocycles. The summed E-state index contributed by atoms with van der Waals surface area (Å²) >= 11 is 0. The molecule has 0 amide bonds. The molecular weight excluding hydrogens is 261 g/mol. The van der Waals surface area contributed by atoms with E-state index in [2.05, 4.69) is 9.72 Å². The van der Waals surface area contributed by atoms with Gasteiger partial charge in [-0.05, 0) is 11.6 Å². The fourth-order valence-electron chi connectivity index (χ4n) is 1.50. The number of aromatic nitrogens is 1. The Labute approximate surface area is 105 Å². The van der Waals surface area contributed by atoms with E-state index in [1.54, 1.807) is 0 Å². The van der Waals surface area contributed by atoms with E-state index in [1.807, 2.05) is 0 Å². The Bertz CT molecular complexity index is 530. The molecule has 0 bridgehead atoms. The zero-order valence-corrected chi connectivity index (χ0v) is 10.9. The number of carbonyl (C=O) groups is 1. The minimum absolute atomic E-state index is 0.257. The van der Waals surface area contributed by atoms with Gasteiger partial charge in [-0.1, -0.05) is 6.92 Å². The third kappa shape index (κ3) is 4.40. The van der Waals surface area contributed by atoms with E-state index < -0.39 is 27.5 Å². The zero-order valence-electron chi connectivity index (χ0n) is 10.1. The standard InChI is InChI=1S/C11H14FNO4S/c1-8(11(14)17-2)6-18(15,16)7-9-3-10(12)5-13-4-9/h3-5,8H,6-7H2,1-2H3. The number of ether oxygens (including phenoxy) is 1. The van der Waals surface area contributed by atoms with Crippen LogP contribution in [0.3, 0.4) is 0 Å². The van der Waals surface area contributed by atoms with Crippen molar-refractivity contribution in [1.82, 2.24) is 4.98 Å². The molecule has 0 radical (unpaired) electrons. The maximum absolute atomic E-state index is 12.9. The van der Waals surface area contributed by atoms with Gasteiger partial charge in [-0.15, -0.1) is 0 Å². The van der Waals surface area contributed by atoms with Crippen LogP contribution in [0.5, 0.6) is 0 Å². The lowest BCUT2D eigenvalue weighted by atomic mass is 10.2. The molecule has 1 heterocycles. The molecule has 7 heteroatoms. The number of hydrogen-bond donors (Lipinski definition) is 0. The van der Waals surface area contributed by atoms with Gasteiger partial charge < -0.3 is 4.74 Å². The summed E-state index contributed by atoms with van der Waals surface area (Å²) in [5, 5.41) is 0. The monoisotopic (exact) mass is 275 g/mol. The predicted molar refractivity (Wildman–Crippen MR) is 62.9 cm³/mol. The number of sulfone groups is 1. The number of pyridine rings is 1. The quantitative estimate of drug-likeness (QED) is 0.748. The molecule has 0 saturated carbocycles. The summed E-state index contributed by atoms with van der Waals surface area (Å²) in [6.45, 7) is 1.47. The molecule has 1 atom stereocenters. The molecule has 0 aliphatic rings. The lowest BCUT2D eigenvalue weighted by molar-refractivity contribution is -0.144. The normalized spacial score (nSPS) is 13.1. The third-order valence-corrected chi connectivity index (χ3v) is 4.04. The molecule has 0 spiro atoms. The van der Waals surface area contributed by atoms with Crippen molar-refractivity contribution in [3.8, 4) is 0 Å². The van der Waals surface area contributed by atoms with Gasteiger partial charge in [0.05, 0.1) is 30.7 Å². The number of rotatable bonds is 5. The largest absolute Gasteiger partial charge is 0.469 e. The highest BCUT2D eigenvalue weighted by Crippen LogP contribution is 2.11. The van der Waals surface area contributed by atoms with Gasteiger partial charge in [-0.3, -0.25) is 9.78 Å². The van der Waals surface area contributed by atoms with Gasteiger partial charge in [-0.25, -0.2) is 12.8 Å². The maximum atomic E-state index is 12.9. The summed E-state index contributed by atoms with van der Waals surface area (Å²) in [7, 11) is -2.32. The van der Waals surface area contributed by atoms with Gasteiger partial charge in [0.25, 0.3) is 0 Å². The van der Waals surface area contributed by atoms with Crippen LogP contribution in [0.25, 0.3) is 0 Å². The van der Waals surface area contributed by atoms with Crippen LogP contribution in [-0.2, 0) is 25.1 Å². The van der Waals surface area contributed by atoms with E-state index in [0.29, 0.717) is 0 Å². The van der Waals surface area contributed by atoms with Crippen LogP contribution in [0.1, 0.15) is 12.5 Å². The maximum Gasteiger partial charge on any atom is 0.309 e. The number of carbonyl (C=O) groups excluding carboxylic acids is 1. The SMILES string of the molecule is COC(=O)C(C)CS(=O)(=O)Cc1cncc(F)c1. The van der Waals surface area contributed by atoms with Crippen LogP contribution < -0.4 is 0 Å². The molecule has 1 unspecified atom stereocenters. The molecular formula is C11H14FNO4S. The summed E-state index contributed by atoms with van der Waals surface area (Å²) in [6.07, 6.45) is 2.27. The number of hydrogen-bond acceptors (Lipinski definition) is 5. The van der Waals surface area contributed by atoms with Crippen molar-refractivity contribution < 1.29 is 22.3 Å². The van der Waals surface area contributed by atoms with Crippen molar-refractivity contribution in [2.45, 2.75) is 12.7 Å². The molecule has 100 valence electrons. The first-order valence-corrected chi connectivity index (χ1v) is 7.04. The summed E-state index contributed by atoms with van der Waals surface area (Å²) in [5.74, 6) is -2.61. The van der Waals surface area contributed by atoms with Crippen LogP contribution in [0, 0.1) is 11.7 Å². The topological polar surface area (TPSA) is 73.3 Å². The van der Waals surface area contributed by atoms with Crippen molar-refractivity contribution >= 4 is 15.8 Å². The fraction of sp³-hybridized carbons (Fsp3) is 0.455. The molecule has 5 nitrogen and oxygen atoms in total. The summed E-state index contributed by atoms with van der Waals surface area (Å²) < 4.78 is 40.9. The van der Waals surface area contributed by atoms with Gasteiger partial charge in [0, 0.05) is 6.20 Å². The Morgan fingerprint density at radius 2 is 2.17 bits per heavy atom. The lowest BCUT2D eigenvalue weighted by Crippen LogP contribution is -2.23. The highest BCUT2D eigenvalue weighted by Gasteiger charge is 2.22. The second-order valence-corrected chi connectivity index (χ2v) is 6.10. The van der Waals surface area contributed by atoms with E-state index >= 15 is 0 Å². The first kappa shape index (κ1) is 14.6. The zero-order chi connectivity index (χ0) is 13.8. The van der Waals surface area contributed by atoms with E-state index in [4.69, 9.17) is 0 Å². The molecule has 1 rings (SSSR count). The molecule has 0 fully saturated rings. The van der Waals surface area contributed by atoms with Crippen LogP contribution >= 0.6 is 0 Å². The van der Waals surface area contributed by atoms with Crippen molar-refractivity contribution in [2.24, 2.45) is 5.92 Å². The van der Waals surface area contributed by atoms with E-state index in [9.17, 15) is 17.6 Å². The van der Waals surface area contributed by atoms with Crippen molar-refractivity contribution in [1.29, 1.82) is 0 Å². The van der Waals surface area contributed by atoms with E-state index in [1.165, 1.54) is 20.2 Å². The third-order valence-electron chi connectivity index (χ3n) is 2.26. The summed E-state index contributed by atoms with van der Waals surface area (Å²) in [4.78, 5) is 14.7. The Hall–Kier alpha value is -1.50. The van der Waals surface area contributed by atoms with Gasteiger partial charge >= 0.3 is 5.97 Å². The first-order chi connectivity index (χ1) is 8.34. The molecule has 0 aromatic carbocycles. The van der Waals surface area contributed by atoms with Crippen LogP contribution in [-0.4, -0.2) is 32.2 Å². The predicted octanol–water partition coefficient (Wildman–Crippen LogP) is 0.945. The van der Waals surface area contributed by atoms with Crippen molar-refractivity contribution in [2.75, 3.05) is 12.9 Å². The number of esters is 1. The van der Waals surface area contributed by atoms with Crippen molar-refractivity contribution in [3.05, 3.63) is 29.8 Å². The second-order valence-electron chi connectivity index (χ2n) is 3.99. The second kappa shape index (κ2) is 5.90.